The molecule has 0 radical (unpaired) electrons. The molecular formula is C16H32O3. The van der Waals surface area contributed by atoms with E-state index in [0.717, 1.165) is 19.3 Å². The second-order valence-corrected chi connectivity index (χ2v) is 5.04. The lowest BCUT2D eigenvalue weighted by atomic mass is 10.1. The van der Waals surface area contributed by atoms with Crippen LogP contribution in [-0.2, 0) is 14.3 Å². The summed E-state index contributed by atoms with van der Waals surface area (Å²) in [7, 11) is 0. The quantitative estimate of drug-likeness (QED) is 0.313. The summed E-state index contributed by atoms with van der Waals surface area (Å²) >= 11 is 0. The largest absolute Gasteiger partial charge is 0.379 e. The minimum Gasteiger partial charge on any atom is -0.379 e. The normalized spacial score (nSPS) is 10.8. The first-order valence-electron chi connectivity index (χ1n) is 8.01. The maximum atomic E-state index is 9.97. The monoisotopic (exact) mass is 272 g/mol. The summed E-state index contributed by atoms with van der Waals surface area (Å²) in [4.78, 5) is 9.97. The lowest BCUT2D eigenvalue weighted by molar-refractivity contribution is -0.112. The third kappa shape index (κ3) is 17.6. The molecule has 0 aliphatic carbocycles. The van der Waals surface area contributed by atoms with E-state index < -0.39 is 0 Å². The maximum Gasteiger partial charge on any atom is 0.145 e. The Morgan fingerprint density at radius 2 is 1.21 bits per heavy atom. The highest BCUT2D eigenvalue weighted by Gasteiger charge is 1.93. The van der Waals surface area contributed by atoms with E-state index in [1.165, 1.54) is 57.8 Å². The fourth-order valence-corrected chi connectivity index (χ4v) is 2.04. The SMILES string of the molecule is CCCCCCCCCCCCOCCOCC=O. The van der Waals surface area contributed by atoms with Crippen molar-refractivity contribution in [3.05, 3.63) is 0 Å². The number of carbonyl (C=O) groups is 1. The van der Waals surface area contributed by atoms with Gasteiger partial charge in [-0.3, -0.25) is 0 Å². The highest BCUT2D eigenvalue weighted by molar-refractivity contribution is 5.50. The van der Waals surface area contributed by atoms with E-state index >= 15 is 0 Å². The predicted octanol–water partition coefficient (Wildman–Crippen LogP) is 4.14. The zero-order chi connectivity index (χ0) is 14.0. The molecule has 0 bridgehead atoms. The number of aldehydes is 1. The van der Waals surface area contributed by atoms with E-state index in [0.29, 0.717) is 13.2 Å². The smallest absolute Gasteiger partial charge is 0.145 e. The summed E-state index contributed by atoms with van der Waals surface area (Å²) < 4.78 is 10.4. The Morgan fingerprint density at radius 3 is 1.79 bits per heavy atom. The zero-order valence-corrected chi connectivity index (χ0v) is 12.7. The first kappa shape index (κ1) is 18.6. The summed E-state index contributed by atoms with van der Waals surface area (Å²) in [5.74, 6) is 0. The van der Waals surface area contributed by atoms with Gasteiger partial charge < -0.3 is 14.3 Å². The molecule has 114 valence electrons. The van der Waals surface area contributed by atoms with Crippen molar-refractivity contribution in [1.29, 1.82) is 0 Å². The average Bonchev–Trinajstić information content (AvgIpc) is 2.43. The van der Waals surface area contributed by atoms with Crippen molar-refractivity contribution in [3.8, 4) is 0 Å². The number of unbranched alkanes of at least 4 members (excludes halogenated alkanes) is 9. The van der Waals surface area contributed by atoms with Gasteiger partial charge in [-0.1, -0.05) is 64.7 Å². The van der Waals surface area contributed by atoms with E-state index in [-0.39, 0.29) is 6.61 Å². The van der Waals surface area contributed by atoms with Crippen LogP contribution in [0.15, 0.2) is 0 Å². The molecular weight excluding hydrogens is 240 g/mol. The Balaban J connectivity index is 2.89. The summed E-state index contributed by atoms with van der Waals surface area (Å²) in [6.07, 6.45) is 14.2. The first-order valence-corrected chi connectivity index (χ1v) is 8.01. The Hall–Kier alpha value is -0.410. The van der Waals surface area contributed by atoms with Crippen LogP contribution in [0.5, 0.6) is 0 Å². The number of rotatable bonds is 16. The molecule has 0 amide bonds. The fraction of sp³-hybridized carbons (Fsp3) is 0.938. The summed E-state index contributed by atoms with van der Waals surface area (Å²) in [6, 6.07) is 0. The molecule has 0 aliphatic heterocycles. The minimum absolute atomic E-state index is 0.182. The van der Waals surface area contributed by atoms with Gasteiger partial charge in [0.2, 0.25) is 0 Å². The van der Waals surface area contributed by atoms with Crippen molar-refractivity contribution in [1.82, 2.24) is 0 Å². The highest BCUT2D eigenvalue weighted by atomic mass is 16.5. The highest BCUT2D eigenvalue weighted by Crippen LogP contribution is 2.10. The number of ether oxygens (including phenoxy) is 2. The topological polar surface area (TPSA) is 35.5 Å². The number of hydrogen-bond donors (Lipinski definition) is 0. The molecule has 0 atom stereocenters. The predicted molar refractivity (Wildman–Crippen MR) is 79.5 cm³/mol. The maximum absolute atomic E-state index is 9.97. The molecule has 3 heteroatoms. The van der Waals surface area contributed by atoms with Gasteiger partial charge in [-0.25, -0.2) is 0 Å². The summed E-state index contributed by atoms with van der Waals surface area (Å²) in [5.41, 5.74) is 0. The summed E-state index contributed by atoms with van der Waals surface area (Å²) in [6.45, 7) is 4.39. The third-order valence-corrected chi connectivity index (χ3v) is 3.20. The van der Waals surface area contributed by atoms with Crippen LogP contribution in [0.2, 0.25) is 0 Å². The van der Waals surface area contributed by atoms with E-state index in [9.17, 15) is 4.79 Å². The molecule has 19 heavy (non-hydrogen) atoms. The molecule has 0 aromatic heterocycles. The lowest BCUT2D eigenvalue weighted by Crippen LogP contribution is -2.06. The molecule has 0 aliphatic rings. The van der Waals surface area contributed by atoms with Crippen molar-refractivity contribution >= 4 is 6.29 Å². The number of hydrogen-bond acceptors (Lipinski definition) is 3. The molecule has 0 spiro atoms. The van der Waals surface area contributed by atoms with Crippen LogP contribution in [0.3, 0.4) is 0 Å². The van der Waals surface area contributed by atoms with E-state index in [4.69, 9.17) is 9.47 Å². The summed E-state index contributed by atoms with van der Waals surface area (Å²) in [5, 5.41) is 0. The second-order valence-electron chi connectivity index (χ2n) is 5.04. The van der Waals surface area contributed by atoms with Crippen LogP contribution < -0.4 is 0 Å². The Bertz CT molecular complexity index is 171. The molecule has 0 N–H and O–H groups in total. The molecule has 0 saturated carbocycles. The zero-order valence-electron chi connectivity index (χ0n) is 12.7. The van der Waals surface area contributed by atoms with Crippen LogP contribution in [0, 0.1) is 0 Å². The van der Waals surface area contributed by atoms with Crippen LogP contribution in [-0.4, -0.2) is 32.7 Å². The van der Waals surface area contributed by atoms with Gasteiger partial charge in [-0.15, -0.1) is 0 Å². The fourth-order valence-electron chi connectivity index (χ4n) is 2.04. The number of carbonyl (C=O) groups excluding carboxylic acids is 1. The van der Waals surface area contributed by atoms with Gasteiger partial charge >= 0.3 is 0 Å². The third-order valence-electron chi connectivity index (χ3n) is 3.20. The van der Waals surface area contributed by atoms with Crippen LogP contribution in [0.4, 0.5) is 0 Å². The van der Waals surface area contributed by atoms with Gasteiger partial charge in [0.1, 0.15) is 12.9 Å². The Kier molecular flexibility index (Phi) is 17.2. The molecule has 0 fully saturated rings. The van der Waals surface area contributed by atoms with Gasteiger partial charge in [0, 0.05) is 6.61 Å². The standard InChI is InChI=1S/C16H32O3/c1-2-3-4-5-6-7-8-9-10-11-13-18-15-16-19-14-12-17/h12H,2-11,13-16H2,1H3. The van der Waals surface area contributed by atoms with Gasteiger partial charge in [-0.05, 0) is 6.42 Å². The molecule has 0 aromatic rings. The van der Waals surface area contributed by atoms with Crippen molar-refractivity contribution < 1.29 is 14.3 Å². The van der Waals surface area contributed by atoms with Crippen molar-refractivity contribution in [3.63, 3.8) is 0 Å². The molecule has 0 heterocycles. The van der Waals surface area contributed by atoms with Crippen molar-refractivity contribution in [2.24, 2.45) is 0 Å². The van der Waals surface area contributed by atoms with Gasteiger partial charge in [-0.2, -0.15) is 0 Å². The second kappa shape index (κ2) is 17.6. The first-order chi connectivity index (χ1) is 9.41. The molecule has 0 aromatic carbocycles. The Labute approximate surface area is 119 Å². The van der Waals surface area contributed by atoms with Crippen LogP contribution in [0.25, 0.3) is 0 Å². The van der Waals surface area contributed by atoms with Crippen molar-refractivity contribution in [2.45, 2.75) is 71.1 Å². The van der Waals surface area contributed by atoms with Gasteiger partial charge in [0.25, 0.3) is 0 Å². The van der Waals surface area contributed by atoms with E-state index in [2.05, 4.69) is 6.92 Å². The van der Waals surface area contributed by atoms with Gasteiger partial charge in [0.05, 0.1) is 13.2 Å². The van der Waals surface area contributed by atoms with E-state index in [1.54, 1.807) is 0 Å². The molecule has 3 nitrogen and oxygen atoms in total. The van der Waals surface area contributed by atoms with Crippen LogP contribution >= 0.6 is 0 Å². The Morgan fingerprint density at radius 1 is 0.684 bits per heavy atom. The minimum atomic E-state index is 0.182. The van der Waals surface area contributed by atoms with E-state index in [1.807, 2.05) is 0 Å². The van der Waals surface area contributed by atoms with Crippen molar-refractivity contribution in [2.75, 3.05) is 26.4 Å². The molecule has 0 unspecified atom stereocenters. The van der Waals surface area contributed by atoms with Crippen LogP contribution in [0.1, 0.15) is 71.1 Å². The lowest BCUT2D eigenvalue weighted by Gasteiger charge is -2.04. The molecule has 0 rings (SSSR count). The average molecular weight is 272 g/mol. The molecule has 0 saturated heterocycles. The van der Waals surface area contributed by atoms with Gasteiger partial charge in [0.15, 0.2) is 0 Å².